The number of Topliss-reactive ketones (excluding diaryl/α,β-unsaturated/α-hetero) is 1. The molecule has 0 aliphatic carbocycles. The molecule has 0 unspecified atom stereocenters. The predicted molar refractivity (Wildman–Crippen MR) is 105 cm³/mol. The van der Waals surface area contributed by atoms with Gasteiger partial charge in [0.25, 0.3) is 15.9 Å². The second-order valence-electron chi connectivity index (χ2n) is 6.71. The first-order valence-electron chi connectivity index (χ1n) is 8.71. The van der Waals surface area contributed by atoms with E-state index in [0.717, 1.165) is 6.42 Å². The maximum atomic E-state index is 12.6. The van der Waals surface area contributed by atoms with Gasteiger partial charge in [0.2, 0.25) is 0 Å². The second-order valence-corrected chi connectivity index (χ2v) is 8.39. The molecular weight excluding hydrogens is 364 g/mol. The zero-order valence-corrected chi connectivity index (χ0v) is 16.5. The quantitative estimate of drug-likeness (QED) is 0.677. The average molecular weight is 388 g/mol. The van der Waals surface area contributed by atoms with Gasteiger partial charge in [-0.15, -0.1) is 0 Å². The van der Waals surface area contributed by atoms with Gasteiger partial charge in [0, 0.05) is 23.4 Å². The van der Waals surface area contributed by atoms with Crippen LogP contribution in [0.5, 0.6) is 0 Å². The maximum absolute atomic E-state index is 12.6. The third-order valence-electron chi connectivity index (χ3n) is 3.96. The molecule has 27 heavy (non-hydrogen) atoms. The molecule has 2 aromatic rings. The van der Waals surface area contributed by atoms with Gasteiger partial charge in [-0.2, -0.15) is 0 Å². The Morgan fingerprint density at radius 2 is 1.67 bits per heavy atom. The number of carbonyl (C=O) groups is 2. The first-order valence-corrected chi connectivity index (χ1v) is 10.2. The van der Waals surface area contributed by atoms with Crippen LogP contribution in [-0.2, 0) is 10.0 Å². The summed E-state index contributed by atoms with van der Waals surface area (Å²) in [5.74, 6) is 0.0645. The molecule has 0 bridgehead atoms. The third-order valence-corrected chi connectivity index (χ3v) is 5.34. The van der Waals surface area contributed by atoms with E-state index in [9.17, 15) is 18.0 Å². The molecule has 0 aliphatic heterocycles. The lowest BCUT2D eigenvalue weighted by Gasteiger charge is -2.11. The molecule has 2 N–H and O–H groups in total. The fraction of sp³-hybridized carbons (Fsp3) is 0.300. The highest BCUT2D eigenvalue weighted by Gasteiger charge is 2.16. The number of amides is 1. The molecule has 0 radical (unpaired) electrons. The van der Waals surface area contributed by atoms with Crippen molar-refractivity contribution in [1.29, 1.82) is 0 Å². The van der Waals surface area contributed by atoms with Crippen LogP contribution in [0.4, 0.5) is 5.69 Å². The maximum Gasteiger partial charge on any atom is 0.261 e. The lowest BCUT2D eigenvalue weighted by atomic mass is 10.1. The van der Waals surface area contributed by atoms with Crippen LogP contribution in [0.25, 0.3) is 0 Å². The molecule has 7 heteroatoms. The molecule has 0 saturated carbocycles. The van der Waals surface area contributed by atoms with E-state index >= 15 is 0 Å². The van der Waals surface area contributed by atoms with Crippen LogP contribution in [0, 0.1) is 5.92 Å². The Bertz CT molecular complexity index is 919. The molecule has 0 aromatic heterocycles. The Morgan fingerprint density at radius 1 is 1.00 bits per heavy atom. The molecule has 1 amide bonds. The van der Waals surface area contributed by atoms with Crippen LogP contribution < -0.4 is 10.0 Å². The number of anilines is 1. The minimum Gasteiger partial charge on any atom is -0.352 e. The van der Waals surface area contributed by atoms with Crippen molar-refractivity contribution in [3.8, 4) is 0 Å². The van der Waals surface area contributed by atoms with Crippen molar-refractivity contribution in [3.63, 3.8) is 0 Å². The number of sulfonamides is 1. The first kappa shape index (κ1) is 20.6. The summed E-state index contributed by atoms with van der Waals surface area (Å²) >= 11 is 0. The zero-order valence-electron chi connectivity index (χ0n) is 15.7. The van der Waals surface area contributed by atoms with E-state index in [1.165, 1.54) is 37.3 Å². The van der Waals surface area contributed by atoms with E-state index in [4.69, 9.17) is 0 Å². The van der Waals surface area contributed by atoms with Gasteiger partial charge in [0.05, 0.1) is 4.90 Å². The lowest BCUT2D eigenvalue weighted by molar-refractivity contribution is 0.0950. The smallest absolute Gasteiger partial charge is 0.261 e. The van der Waals surface area contributed by atoms with Gasteiger partial charge in [-0.25, -0.2) is 8.42 Å². The number of carbonyl (C=O) groups excluding carboxylic acids is 2. The molecule has 0 fully saturated rings. The highest BCUT2D eigenvalue weighted by molar-refractivity contribution is 7.92. The summed E-state index contributed by atoms with van der Waals surface area (Å²) in [5, 5.41) is 2.79. The monoisotopic (exact) mass is 388 g/mol. The van der Waals surface area contributed by atoms with E-state index in [1.54, 1.807) is 18.2 Å². The summed E-state index contributed by atoms with van der Waals surface area (Å²) in [6, 6.07) is 12.0. The Balaban J connectivity index is 2.14. The van der Waals surface area contributed by atoms with Crippen LogP contribution in [0.15, 0.2) is 53.4 Å². The van der Waals surface area contributed by atoms with Crippen LogP contribution >= 0.6 is 0 Å². The van der Waals surface area contributed by atoms with Crippen LogP contribution in [-0.4, -0.2) is 26.7 Å². The molecular formula is C20H24N2O4S. The van der Waals surface area contributed by atoms with E-state index in [0.29, 0.717) is 23.7 Å². The van der Waals surface area contributed by atoms with Crippen LogP contribution in [0.1, 0.15) is 47.9 Å². The summed E-state index contributed by atoms with van der Waals surface area (Å²) in [7, 11) is -3.85. The highest BCUT2D eigenvalue weighted by Crippen LogP contribution is 2.18. The van der Waals surface area contributed by atoms with E-state index < -0.39 is 10.0 Å². The standard InChI is InChI=1S/C20H24N2O4S/c1-14(2)11-12-21-20(24)17-5-4-6-19(13-17)27(25,26)22-18-9-7-16(8-10-18)15(3)23/h4-10,13-14,22H,11-12H2,1-3H3,(H,21,24). The van der Waals surface area contributed by atoms with Crippen molar-refractivity contribution in [2.75, 3.05) is 11.3 Å². The first-order chi connectivity index (χ1) is 12.7. The van der Waals surface area contributed by atoms with Crippen LogP contribution in [0.3, 0.4) is 0 Å². The van der Waals surface area contributed by atoms with Crippen molar-refractivity contribution in [1.82, 2.24) is 5.32 Å². The van der Waals surface area contributed by atoms with Crippen molar-refractivity contribution in [2.45, 2.75) is 32.1 Å². The molecule has 2 aromatic carbocycles. The summed E-state index contributed by atoms with van der Waals surface area (Å²) in [6.07, 6.45) is 0.849. The number of hydrogen-bond donors (Lipinski definition) is 2. The van der Waals surface area contributed by atoms with Gasteiger partial charge >= 0.3 is 0 Å². The van der Waals surface area contributed by atoms with E-state index in [-0.39, 0.29) is 22.1 Å². The zero-order chi connectivity index (χ0) is 20.0. The molecule has 0 atom stereocenters. The van der Waals surface area contributed by atoms with Gasteiger partial charge in [0.15, 0.2) is 5.78 Å². The topological polar surface area (TPSA) is 92.3 Å². The van der Waals surface area contributed by atoms with Gasteiger partial charge < -0.3 is 5.32 Å². The van der Waals surface area contributed by atoms with Gasteiger partial charge in [-0.3, -0.25) is 14.3 Å². The average Bonchev–Trinajstić information content (AvgIpc) is 2.61. The van der Waals surface area contributed by atoms with Gasteiger partial charge in [0.1, 0.15) is 0 Å². The number of nitrogens with one attached hydrogen (secondary N) is 2. The Labute approximate surface area is 160 Å². The number of ketones is 1. The molecule has 0 spiro atoms. The largest absolute Gasteiger partial charge is 0.352 e. The molecule has 0 saturated heterocycles. The highest BCUT2D eigenvalue weighted by atomic mass is 32.2. The fourth-order valence-corrected chi connectivity index (χ4v) is 3.47. The molecule has 2 rings (SSSR count). The normalized spacial score (nSPS) is 11.3. The number of hydrogen-bond acceptors (Lipinski definition) is 4. The van der Waals surface area contributed by atoms with Gasteiger partial charge in [-0.1, -0.05) is 19.9 Å². The van der Waals surface area contributed by atoms with Crippen LogP contribution in [0.2, 0.25) is 0 Å². The second kappa shape index (κ2) is 8.81. The summed E-state index contributed by atoms with van der Waals surface area (Å²) in [4.78, 5) is 23.5. The van der Waals surface area contributed by atoms with E-state index in [2.05, 4.69) is 23.9 Å². The minimum absolute atomic E-state index is 0.00495. The SMILES string of the molecule is CC(=O)c1ccc(NS(=O)(=O)c2cccc(C(=O)NCCC(C)C)c2)cc1. The van der Waals surface area contributed by atoms with E-state index in [1.807, 2.05) is 0 Å². The fourth-order valence-electron chi connectivity index (χ4n) is 2.37. The van der Waals surface area contributed by atoms with Gasteiger partial charge in [-0.05, 0) is 61.7 Å². The molecule has 144 valence electrons. The molecule has 0 heterocycles. The summed E-state index contributed by atoms with van der Waals surface area (Å²) < 4.78 is 27.6. The Morgan fingerprint density at radius 3 is 2.26 bits per heavy atom. The van der Waals surface area contributed by atoms with Crippen molar-refractivity contribution >= 4 is 27.4 Å². The lowest BCUT2D eigenvalue weighted by Crippen LogP contribution is -2.25. The Hall–Kier alpha value is -2.67. The third kappa shape index (κ3) is 5.92. The molecule has 0 aliphatic rings. The predicted octanol–water partition coefficient (Wildman–Crippen LogP) is 3.47. The summed E-state index contributed by atoms with van der Waals surface area (Å²) in [5.41, 5.74) is 1.12. The van der Waals surface area contributed by atoms with Crippen molar-refractivity contribution in [2.24, 2.45) is 5.92 Å². The molecule has 6 nitrogen and oxygen atoms in total. The number of benzene rings is 2. The minimum atomic E-state index is -3.85. The van der Waals surface area contributed by atoms with Crippen molar-refractivity contribution < 1.29 is 18.0 Å². The summed E-state index contributed by atoms with van der Waals surface area (Å²) in [6.45, 7) is 6.10. The number of rotatable bonds is 8. The van der Waals surface area contributed by atoms with Crippen molar-refractivity contribution in [3.05, 3.63) is 59.7 Å². The Kier molecular flexibility index (Phi) is 6.74.